The fourth-order valence-electron chi connectivity index (χ4n) is 2.56. The Morgan fingerprint density at radius 2 is 1.76 bits per heavy atom. The minimum atomic E-state index is -1.33. The summed E-state index contributed by atoms with van der Waals surface area (Å²) in [5.41, 5.74) is -0.925. The fourth-order valence-corrected chi connectivity index (χ4v) is 2.56. The van der Waals surface area contributed by atoms with E-state index in [4.69, 9.17) is 4.74 Å². The molecule has 0 radical (unpaired) electrons. The first-order valence-electron chi connectivity index (χ1n) is 7.63. The SMILES string of the molecule is Cc1nc2c(F)c(F)ccc2cc1Oc1c(F)cccc1C(C)(C)O. The van der Waals surface area contributed by atoms with Gasteiger partial charge in [0.1, 0.15) is 11.3 Å². The van der Waals surface area contributed by atoms with Crippen LogP contribution in [0.3, 0.4) is 0 Å². The second kappa shape index (κ2) is 6.04. The molecule has 3 nitrogen and oxygen atoms in total. The van der Waals surface area contributed by atoms with E-state index < -0.39 is 23.1 Å². The third kappa shape index (κ3) is 3.17. The Morgan fingerprint density at radius 3 is 2.44 bits per heavy atom. The third-order valence-corrected chi connectivity index (χ3v) is 3.86. The van der Waals surface area contributed by atoms with Crippen LogP contribution in [-0.2, 0) is 5.60 Å². The molecule has 3 aromatic rings. The molecule has 0 aliphatic carbocycles. The van der Waals surface area contributed by atoms with E-state index in [1.54, 1.807) is 13.0 Å². The number of para-hydroxylation sites is 1. The van der Waals surface area contributed by atoms with E-state index in [0.29, 0.717) is 5.39 Å². The highest BCUT2D eigenvalue weighted by Gasteiger charge is 2.24. The predicted octanol–water partition coefficient (Wildman–Crippen LogP) is 4.98. The zero-order valence-electron chi connectivity index (χ0n) is 13.9. The van der Waals surface area contributed by atoms with Crippen LogP contribution in [0.15, 0.2) is 36.4 Å². The molecule has 0 spiro atoms. The number of pyridine rings is 1. The minimum Gasteiger partial charge on any atom is -0.452 e. The quantitative estimate of drug-likeness (QED) is 0.726. The maximum atomic E-state index is 14.3. The Labute approximate surface area is 142 Å². The summed E-state index contributed by atoms with van der Waals surface area (Å²) < 4.78 is 47.1. The molecule has 0 saturated carbocycles. The van der Waals surface area contributed by atoms with Crippen molar-refractivity contribution in [2.75, 3.05) is 0 Å². The Kier molecular flexibility index (Phi) is 4.16. The van der Waals surface area contributed by atoms with Gasteiger partial charge in [0, 0.05) is 10.9 Å². The average Bonchev–Trinajstić information content (AvgIpc) is 2.53. The maximum Gasteiger partial charge on any atom is 0.184 e. The van der Waals surface area contributed by atoms with Gasteiger partial charge >= 0.3 is 0 Å². The van der Waals surface area contributed by atoms with E-state index in [1.165, 1.54) is 38.1 Å². The van der Waals surface area contributed by atoms with E-state index in [2.05, 4.69) is 4.98 Å². The highest BCUT2D eigenvalue weighted by Crippen LogP contribution is 2.36. The Morgan fingerprint density at radius 1 is 1.04 bits per heavy atom. The van der Waals surface area contributed by atoms with Crippen LogP contribution < -0.4 is 4.74 Å². The lowest BCUT2D eigenvalue weighted by molar-refractivity contribution is 0.0756. The van der Waals surface area contributed by atoms with Gasteiger partial charge in [-0.05, 0) is 45.0 Å². The molecular weight excluding hydrogens is 331 g/mol. The highest BCUT2D eigenvalue weighted by atomic mass is 19.2. The van der Waals surface area contributed by atoms with E-state index in [-0.39, 0.29) is 28.3 Å². The number of nitrogens with zero attached hydrogens (tertiary/aromatic N) is 1. The van der Waals surface area contributed by atoms with Gasteiger partial charge in [-0.1, -0.05) is 12.1 Å². The molecule has 1 N–H and O–H groups in total. The van der Waals surface area contributed by atoms with Gasteiger partial charge in [0.05, 0.1) is 11.3 Å². The normalized spacial score (nSPS) is 11.8. The predicted molar refractivity (Wildman–Crippen MR) is 88.1 cm³/mol. The first-order chi connectivity index (χ1) is 11.7. The van der Waals surface area contributed by atoms with Crippen molar-refractivity contribution in [1.82, 2.24) is 4.98 Å². The van der Waals surface area contributed by atoms with Gasteiger partial charge in [0.2, 0.25) is 0 Å². The van der Waals surface area contributed by atoms with Crippen LogP contribution in [0.25, 0.3) is 10.9 Å². The van der Waals surface area contributed by atoms with Crippen LogP contribution in [-0.4, -0.2) is 10.1 Å². The van der Waals surface area contributed by atoms with Crippen molar-refractivity contribution in [2.45, 2.75) is 26.4 Å². The molecule has 0 unspecified atom stereocenters. The third-order valence-electron chi connectivity index (χ3n) is 3.86. The van der Waals surface area contributed by atoms with E-state index in [1.807, 2.05) is 0 Å². The zero-order valence-corrected chi connectivity index (χ0v) is 13.9. The molecule has 0 saturated heterocycles. The first-order valence-corrected chi connectivity index (χ1v) is 7.63. The fraction of sp³-hybridized carbons (Fsp3) is 0.211. The number of aromatic nitrogens is 1. The number of halogens is 3. The summed E-state index contributed by atoms with van der Waals surface area (Å²) in [7, 11) is 0. The molecule has 3 rings (SSSR count). The molecule has 0 fully saturated rings. The van der Waals surface area contributed by atoms with Crippen molar-refractivity contribution in [3.63, 3.8) is 0 Å². The second-order valence-electron chi connectivity index (χ2n) is 6.28. The summed E-state index contributed by atoms with van der Waals surface area (Å²) in [6.07, 6.45) is 0. The Bertz CT molecular complexity index is 965. The van der Waals surface area contributed by atoms with Crippen molar-refractivity contribution in [1.29, 1.82) is 0 Å². The molecule has 6 heteroatoms. The minimum absolute atomic E-state index is 0.124. The summed E-state index contributed by atoms with van der Waals surface area (Å²) in [5, 5.41) is 10.5. The molecule has 0 bridgehead atoms. The number of rotatable bonds is 3. The molecule has 25 heavy (non-hydrogen) atoms. The second-order valence-corrected chi connectivity index (χ2v) is 6.28. The molecular formula is C19H16F3NO2. The van der Waals surface area contributed by atoms with Crippen molar-refractivity contribution in [3.05, 3.63) is 65.1 Å². The molecule has 0 atom stereocenters. The average molecular weight is 347 g/mol. The lowest BCUT2D eigenvalue weighted by atomic mass is 9.97. The van der Waals surface area contributed by atoms with Crippen LogP contribution in [0.5, 0.6) is 11.5 Å². The van der Waals surface area contributed by atoms with Gasteiger partial charge < -0.3 is 9.84 Å². The van der Waals surface area contributed by atoms with Gasteiger partial charge in [-0.2, -0.15) is 0 Å². The van der Waals surface area contributed by atoms with Crippen molar-refractivity contribution in [2.24, 2.45) is 0 Å². The Balaban J connectivity index is 2.14. The van der Waals surface area contributed by atoms with Gasteiger partial charge in [-0.25, -0.2) is 18.2 Å². The lowest BCUT2D eigenvalue weighted by Crippen LogP contribution is -2.17. The van der Waals surface area contributed by atoms with Gasteiger partial charge in [0.15, 0.2) is 23.2 Å². The van der Waals surface area contributed by atoms with Crippen LogP contribution in [0.1, 0.15) is 25.1 Å². The van der Waals surface area contributed by atoms with Gasteiger partial charge in [-0.15, -0.1) is 0 Å². The summed E-state index contributed by atoms with van der Waals surface area (Å²) >= 11 is 0. The van der Waals surface area contributed by atoms with Gasteiger partial charge in [-0.3, -0.25) is 0 Å². The lowest BCUT2D eigenvalue weighted by Gasteiger charge is -2.22. The van der Waals surface area contributed by atoms with E-state index in [0.717, 1.165) is 6.07 Å². The van der Waals surface area contributed by atoms with Crippen LogP contribution in [0.4, 0.5) is 13.2 Å². The zero-order chi connectivity index (χ0) is 18.4. The number of fused-ring (bicyclic) bond motifs is 1. The van der Waals surface area contributed by atoms with Crippen molar-refractivity contribution < 1.29 is 23.0 Å². The summed E-state index contributed by atoms with van der Waals surface area (Å²) in [6, 6.07) is 8.05. The monoisotopic (exact) mass is 347 g/mol. The number of benzene rings is 2. The number of ether oxygens (including phenoxy) is 1. The van der Waals surface area contributed by atoms with Crippen LogP contribution >= 0.6 is 0 Å². The molecule has 130 valence electrons. The number of aryl methyl sites for hydroxylation is 1. The largest absolute Gasteiger partial charge is 0.452 e. The van der Waals surface area contributed by atoms with E-state index >= 15 is 0 Å². The molecule has 0 aliphatic heterocycles. The number of aliphatic hydroxyl groups is 1. The topological polar surface area (TPSA) is 42.4 Å². The molecule has 1 aromatic heterocycles. The standard InChI is InChI=1S/C19H16F3NO2/c1-10-15(9-11-7-8-13(20)16(22)17(11)23-10)25-18-12(19(2,3)24)5-4-6-14(18)21/h4-9,24H,1-3H3. The van der Waals surface area contributed by atoms with E-state index in [9.17, 15) is 18.3 Å². The summed E-state index contributed by atoms with van der Waals surface area (Å²) in [5.74, 6) is -2.64. The van der Waals surface area contributed by atoms with Crippen molar-refractivity contribution >= 4 is 10.9 Å². The first kappa shape index (κ1) is 17.2. The van der Waals surface area contributed by atoms with Crippen molar-refractivity contribution in [3.8, 4) is 11.5 Å². The highest BCUT2D eigenvalue weighted by molar-refractivity contribution is 5.81. The molecule has 2 aromatic carbocycles. The number of hydrogen-bond acceptors (Lipinski definition) is 3. The molecule has 0 amide bonds. The maximum absolute atomic E-state index is 14.3. The van der Waals surface area contributed by atoms with Gasteiger partial charge in [0.25, 0.3) is 0 Å². The van der Waals surface area contributed by atoms with Crippen LogP contribution in [0.2, 0.25) is 0 Å². The Hall–Kier alpha value is -2.60. The number of hydrogen-bond donors (Lipinski definition) is 1. The molecule has 0 aliphatic rings. The van der Waals surface area contributed by atoms with Crippen LogP contribution in [0, 0.1) is 24.4 Å². The smallest absolute Gasteiger partial charge is 0.184 e. The molecule has 1 heterocycles. The summed E-state index contributed by atoms with van der Waals surface area (Å²) in [6.45, 7) is 4.57. The summed E-state index contributed by atoms with van der Waals surface area (Å²) in [4.78, 5) is 4.03.